The lowest BCUT2D eigenvalue weighted by molar-refractivity contribution is 0.0666. The molecule has 0 aromatic heterocycles. The van der Waals surface area contributed by atoms with Crippen LogP contribution < -0.4 is 4.74 Å². The zero-order valence-electron chi connectivity index (χ0n) is 13.7. The zero-order chi connectivity index (χ0) is 15.2. The van der Waals surface area contributed by atoms with Crippen LogP contribution in [0.1, 0.15) is 26.3 Å². The number of hydrogen-bond donors (Lipinski definition) is 0. The average molecular weight is 288 g/mol. The monoisotopic (exact) mass is 288 g/mol. The number of piperazine rings is 1. The molecule has 0 unspecified atom stereocenters. The molecule has 1 aliphatic heterocycles. The Morgan fingerprint density at radius 1 is 1.29 bits per heavy atom. The minimum absolute atomic E-state index is 0.637. The highest BCUT2D eigenvalue weighted by molar-refractivity contribution is 5.57. The Kier molecular flexibility index (Phi) is 5.83. The van der Waals surface area contributed by atoms with Gasteiger partial charge in [0.1, 0.15) is 5.75 Å². The van der Waals surface area contributed by atoms with Crippen molar-refractivity contribution >= 4 is 6.08 Å². The summed E-state index contributed by atoms with van der Waals surface area (Å²) in [6.45, 7) is 11.4. The van der Waals surface area contributed by atoms with E-state index in [1.807, 2.05) is 18.2 Å². The van der Waals surface area contributed by atoms with Crippen molar-refractivity contribution in [3.05, 3.63) is 35.9 Å². The van der Waals surface area contributed by atoms with Gasteiger partial charge in [-0.05, 0) is 26.8 Å². The number of methoxy groups -OCH3 is 1. The fraction of sp³-hybridized carbons (Fsp3) is 0.556. The van der Waals surface area contributed by atoms with Gasteiger partial charge in [0, 0.05) is 43.8 Å². The Labute approximate surface area is 129 Å². The molecule has 1 aromatic rings. The Bertz CT molecular complexity index is 470. The number of ether oxygens (including phenoxy) is 1. The first kappa shape index (κ1) is 16.1. The van der Waals surface area contributed by atoms with Crippen molar-refractivity contribution in [2.45, 2.75) is 32.9 Å². The molecular weight excluding hydrogens is 260 g/mol. The highest BCUT2D eigenvalue weighted by Gasteiger charge is 2.24. The molecule has 1 aromatic carbocycles. The minimum atomic E-state index is 0.637. The molecule has 0 amide bonds. The van der Waals surface area contributed by atoms with E-state index in [0.717, 1.165) is 30.9 Å². The van der Waals surface area contributed by atoms with E-state index in [-0.39, 0.29) is 0 Å². The topological polar surface area (TPSA) is 15.7 Å². The molecular formula is C18H28N2O. The molecule has 0 saturated carbocycles. The molecule has 116 valence electrons. The van der Waals surface area contributed by atoms with Gasteiger partial charge in [0.25, 0.3) is 0 Å². The molecule has 2 rings (SSSR count). The molecule has 0 aliphatic carbocycles. The summed E-state index contributed by atoms with van der Waals surface area (Å²) >= 11 is 0. The summed E-state index contributed by atoms with van der Waals surface area (Å²) in [6, 6.07) is 9.43. The van der Waals surface area contributed by atoms with Crippen LogP contribution in [0.15, 0.2) is 30.3 Å². The van der Waals surface area contributed by atoms with Gasteiger partial charge in [0.15, 0.2) is 0 Å². The van der Waals surface area contributed by atoms with Crippen LogP contribution >= 0.6 is 0 Å². The van der Waals surface area contributed by atoms with Crippen molar-refractivity contribution < 1.29 is 4.74 Å². The maximum Gasteiger partial charge on any atom is 0.126 e. The maximum absolute atomic E-state index is 5.37. The summed E-state index contributed by atoms with van der Waals surface area (Å²) in [5.74, 6) is 0.937. The molecule has 1 heterocycles. The first-order valence-corrected chi connectivity index (χ1v) is 7.89. The molecule has 0 N–H and O–H groups in total. The summed E-state index contributed by atoms with van der Waals surface area (Å²) in [5.41, 5.74) is 1.15. The van der Waals surface area contributed by atoms with Gasteiger partial charge in [0.2, 0.25) is 0 Å². The second-order valence-corrected chi connectivity index (χ2v) is 6.08. The van der Waals surface area contributed by atoms with Gasteiger partial charge in [-0.15, -0.1) is 0 Å². The second-order valence-electron chi connectivity index (χ2n) is 6.08. The summed E-state index contributed by atoms with van der Waals surface area (Å²) in [5, 5.41) is 0. The first-order valence-electron chi connectivity index (χ1n) is 7.89. The minimum Gasteiger partial charge on any atom is -0.496 e. The molecule has 3 heteroatoms. The van der Waals surface area contributed by atoms with E-state index >= 15 is 0 Å². The summed E-state index contributed by atoms with van der Waals surface area (Å²) in [6.07, 6.45) is 4.41. The van der Waals surface area contributed by atoms with Gasteiger partial charge >= 0.3 is 0 Å². The molecule has 1 saturated heterocycles. The van der Waals surface area contributed by atoms with Crippen LogP contribution in [0.5, 0.6) is 5.75 Å². The van der Waals surface area contributed by atoms with Crippen LogP contribution in [0.4, 0.5) is 0 Å². The highest BCUT2D eigenvalue weighted by atomic mass is 16.5. The summed E-state index contributed by atoms with van der Waals surface area (Å²) < 4.78 is 5.37. The molecule has 1 aliphatic rings. The lowest BCUT2D eigenvalue weighted by Gasteiger charge is -2.41. The molecule has 1 atom stereocenters. The normalized spacial score (nSPS) is 21.3. The summed E-state index contributed by atoms with van der Waals surface area (Å²) in [4.78, 5) is 5.11. The van der Waals surface area contributed by atoms with Crippen LogP contribution in [0.2, 0.25) is 0 Å². The van der Waals surface area contributed by atoms with Crippen LogP contribution in [-0.4, -0.2) is 55.2 Å². The van der Waals surface area contributed by atoms with E-state index in [1.165, 1.54) is 6.54 Å². The van der Waals surface area contributed by atoms with Crippen molar-refractivity contribution in [1.29, 1.82) is 0 Å². The molecule has 0 spiro atoms. The van der Waals surface area contributed by atoms with Crippen LogP contribution in [-0.2, 0) is 0 Å². The van der Waals surface area contributed by atoms with Gasteiger partial charge in [-0.1, -0.05) is 30.4 Å². The number of hydrogen-bond acceptors (Lipinski definition) is 3. The van der Waals surface area contributed by atoms with Crippen LogP contribution in [0.25, 0.3) is 6.08 Å². The smallest absolute Gasteiger partial charge is 0.126 e. The lowest BCUT2D eigenvalue weighted by atomic mass is 10.1. The Hall–Kier alpha value is -1.32. The van der Waals surface area contributed by atoms with E-state index in [4.69, 9.17) is 4.74 Å². The summed E-state index contributed by atoms with van der Waals surface area (Å²) in [7, 11) is 1.72. The average Bonchev–Trinajstić information content (AvgIpc) is 2.47. The highest BCUT2D eigenvalue weighted by Crippen LogP contribution is 2.19. The quantitative estimate of drug-likeness (QED) is 0.828. The van der Waals surface area contributed by atoms with Gasteiger partial charge in [0.05, 0.1) is 7.11 Å². The SMILES string of the molecule is COc1ccccc1/C=C/CN1CCN(C(C)C)[C@@H](C)C1. The number of rotatable bonds is 5. The van der Waals surface area contributed by atoms with Gasteiger partial charge in [-0.2, -0.15) is 0 Å². The Balaban J connectivity index is 1.88. The zero-order valence-corrected chi connectivity index (χ0v) is 13.7. The first-order chi connectivity index (χ1) is 10.1. The van der Waals surface area contributed by atoms with E-state index < -0.39 is 0 Å². The third-order valence-electron chi connectivity index (χ3n) is 4.23. The molecule has 0 radical (unpaired) electrons. The third kappa shape index (κ3) is 4.32. The van der Waals surface area contributed by atoms with Crippen molar-refractivity contribution in [3.63, 3.8) is 0 Å². The third-order valence-corrected chi connectivity index (χ3v) is 4.23. The largest absolute Gasteiger partial charge is 0.496 e. The number of benzene rings is 1. The second kappa shape index (κ2) is 7.62. The van der Waals surface area contributed by atoms with E-state index in [2.05, 4.69) is 48.8 Å². The van der Waals surface area contributed by atoms with Gasteiger partial charge in [-0.25, -0.2) is 0 Å². The van der Waals surface area contributed by atoms with Crippen molar-refractivity contribution in [1.82, 2.24) is 9.80 Å². The van der Waals surface area contributed by atoms with Crippen molar-refractivity contribution in [2.75, 3.05) is 33.3 Å². The predicted octanol–water partition coefficient (Wildman–Crippen LogP) is 3.12. The van der Waals surface area contributed by atoms with Crippen molar-refractivity contribution in [3.8, 4) is 5.75 Å². The van der Waals surface area contributed by atoms with E-state index in [0.29, 0.717) is 12.1 Å². The maximum atomic E-state index is 5.37. The molecule has 21 heavy (non-hydrogen) atoms. The molecule has 3 nitrogen and oxygen atoms in total. The Morgan fingerprint density at radius 2 is 2.05 bits per heavy atom. The molecule has 1 fully saturated rings. The standard InChI is InChI=1S/C18H28N2O/c1-15(2)20-13-12-19(14-16(20)3)11-7-9-17-8-5-6-10-18(17)21-4/h5-10,15-16H,11-14H2,1-4H3/b9-7+/t16-/m0/s1. The Morgan fingerprint density at radius 3 is 2.71 bits per heavy atom. The molecule has 0 bridgehead atoms. The van der Waals surface area contributed by atoms with Gasteiger partial charge in [-0.3, -0.25) is 9.80 Å². The van der Waals surface area contributed by atoms with Gasteiger partial charge < -0.3 is 4.74 Å². The number of para-hydroxylation sites is 1. The van der Waals surface area contributed by atoms with Crippen molar-refractivity contribution in [2.24, 2.45) is 0 Å². The number of nitrogens with zero attached hydrogens (tertiary/aromatic N) is 2. The van der Waals surface area contributed by atoms with Crippen LogP contribution in [0, 0.1) is 0 Å². The fourth-order valence-electron chi connectivity index (χ4n) is 3.11. The van der Waals surface area contributed by atoms with E-state index in [9.17, 15) is 0 Å². The van der Waals surface area contributed by atoms with Crippen LogP contribution in [0.3, 0.4) is 0 Å². The fourth-order valence-corrected chi connectivity index (χ4v) is 3.11. The lowest BCUT2D eigenvalue weighted by Crippen LogP contribution is -2.54. The predicted molar refractivity (Wildman–Crippen MR) is 89.8 cm³/mol. The van der Waals surface area contributed by atoms with E-state index in [1.54, 1.807) is 7.11 Å².